The Morgan fingerprint density at radius 2 is 0.500 bits per heavy atom. The van der Waals surface area contributed by atoms with E-state index in [0.29, 0.717) is 0 Å². The van der Waals surface area contributed by atoms with Gasteiger partial charge in [0.2, 0.25) is 0 Å². The summed E-state index contributed by atoms with van der Waals surface area (Å²) < 4.78 is 0. The van der Waals surface area contributed by atoms with Gasteiger partial charge in [-0.1, -0.05) is 0 Å². The predicted molar refractivity (Wildman–Crippen MR) is 8.88 cm³/mol. The largest absolute Gasteiger partial charge is 1.00 e. The first kappa shape index (κ1) is 63.0. The van der Waals surface area contributed by atoms with Crippen molar-refractivity contribution < 1.29 is 123 Å². The van der Waals surface area contributed by atoms with Crippen LogP contribution in [0, 0.1) is 0 Å². The van der Waals surface area contributed by atoms with Crippen molar-refractivity contribution in [2.45, 2.75) is 0 Å². The van der Waals surface area contributed by atoms with Crippen LogP contribution in [0.1, 0.15) is 0 Å². The Morgan fingerprint density at radius 1 is 0.500 bits per heavy atom. The molecule has 0 heterocycles. The standard InChI is InChI=1S/2FH.2K.2H2O/h2*1H;;;2*1H2/q;;2*+1;;/p-2. The van der Waals surface area contributed by atoms with E-state index in [2.05, 4.69) is 0 Å². The molecule has 0 spiro atoms. The Hall–Kier alpha value is 3.05. The number of hydrogen-bond donors (Lipinski definition) is 0. The van der Waals surface area contributed by atoms with Crippen LogP contribution in [0.4, 0.5) is 9.41 Å². The summed E-state index contributed by atoms with van der Waals surface area (Å²) in [4.78, 5) is 0. The third kappa shape index (κ3) is 27.7. The Labute approximate surface area is 120 Å². The average Bonchev–Trinajstić information content (AvgIpc) is 0. The maximum Gasteiger partial charge on any atom is 1.00 e. The maximum absolute atomic E-state index is 0. The fourth-order valence-corrected chi connectivity index (χ4v) is 0. The van der Waals surface area contributed by atoms with Crippen LogP contribution in [0.3, 0.4) is 0 Å². The molecule has 0 aromatic carbocycles. The molecule has 0 amide bonds. The minimum Gasteiger partial charge on any atom is -0.870 e. The van der Waals surface area contributed by atoms with Crippen molar-refractivity contribution in [1.82, 2.24) is 0 Å². The number of halogens is 2. The van der Waals surface area contributed by atoms with Crippen LogP contribution in [0.2, 0.25) is 0 Å². The molecule has 0 aliphatic heterocycles. The molecule has 0 bridgehead atoms. The molecule has 0 saturated carbocycles. The van der Waals surface area contributed by atoms with E-state index in [0.717, 1.165) is 0 Å². The summed E-state index contributed by atoms with van der Waals surface area (Å²) in [7, 11) is 0. The number of hydrogen-bond acceptors (Lipinski definition) is 2. The Morgan fingerprint density at radius 3 is 0.500 bits per heavy atom. The second kappa shape index (κ2) is 43.0. The fraction of sp³-hybridized carbons (Fsp3) is 0. The summed E-state index contributed by atoms with van der Waals surface area (Å²) in [6.45, 7) is 0. The van der Waals surface area contributed by atoms with Gasteiger partial charge in [0.15, 0.2) is 0 Å². The third-order valence-electron chi connectivity index (χ3n) is 0. The van der Waals surface area contributed by atoms with Gasteiger partial charge in [-0.15, -0.1) is 0 Å². The maximum atomic E-state index is 0. The molecule has 0 fully saturated rings. The summed E-state index contributed by atoms with van der Waals surface area (Å²) >= 11 is 0. The molecule has 2 nitrogen and oxygen atoms in total. The van der Waals surface area contributed by atoms with Crippen LogP contribution >= 0.6 is 0 Å². The molecule has 6 heavy (non-hydrogen) atoms. The quantitative estimate of drug-likeness (QED) is 0.324. The molecular weight excluding hydrogens is 148 g/mol. The van der Waals surface area contributed by atoms with E-state index in [-0.39, 0.29) is 123 Å². The molecule has 0 radical (unpaired) electrons. The third-order valence-corrected chi connectivity index (χ3v) is 0. The van der Waals surface area contributed by atoms with Crippen molar-refractivity contribution in [3.63, 3.8) is 0 Å². The molecule has 0 aliphatic carbocycles. The zero-order chi connectivity index (χ0) is 0. The van der Waals surface area contributed by atoms with Crippen molar-refractivity contribution in [3.8, 4) is 0 Å². The van der Waals surface area contributed by atoms with Gasteiger partial charge in [-0.2, -0.15) is 0 Å². The second-order valence-electron chi connectivity index (χ2n) is 0. The van der Waals surface area contributed by atoms with E-state index >= 15 is 0 Å². The topological polar surface area (TPSA) is 60.0 Å². The summed E-state index contributed by atoms with van der Waals surface area (Å²) in [5.74, 6) is 0. The SMILES string of the molecule is F.F.[K+].[K+].[OH-].[OH-]. The Balaban J connectivity index is 0. The molecule has 0 aromatic rings. The fourth-order valence-electron chi connectivity index (χ4n) is 0. The molecule has 0 atom stereocenters. The predicted octanol–water partition coefficient (Wildman–Crippen LogP) is -6.04. The smallest absolute Gasteiger partial charge is 0.870 e. The first-order valence-corrected chi connectivity index (χ1v) is 0. The monoisotopic (exact) mass is 152 g/mol. The Bertz CT molecular complexity index is 9.51. The summed E-state index contributed by atoms with van der Waals surface area (Å²) in [6.07, 6.45) is 0. The molecule has 0 saturated heterocycles. The van der Waals surface area contributed by atoms with E-state index in [1.165, 1.54) is 0 Å². The van der Waals surface area contributed by atoms with Gasteiger partial charge in [0.1, 0.15) is 0 Å². The van der Waals surface area contributed by atoms with Crippen molar-refractivity contribution in [3.05, 3.63) is 0 Å². The first-order chi connectivity index (χ1) is 0. The molecule has 6 heteroatoms. The second-order valence-corrected chi connectivity index (χ2v) is 0. The molecule has 32 valence electrons. The van der Waals surface area contributed by atoms with Gasteiger partial charge in [-0.3, -0.25) is 9.41 Å². The minimum absolute atomic E-state index is 0. The molecule has 0 aliphatic rings. The normalized spacial score (nSPS) is 0. The van der Waals surface area contributed by atoms with E-state index in [1.807, 2.05) is 0 Å². The van der Waals surface area contributed by atoms with Gasteiger partial charge in [0.25, 0.3) is 0 Å². The van der Waals surface area contributed by atoms with Crippen molar-refractivity contribution in [1.29, 1.82) is 0 Å². The van der Waals surface area contributed by atoms with Crippen LogP contribution in [-0.2, 0) is 0 Å². The van der Waals surface area contributed by atoms with Gasteiger partial charge in [0.05, 0.1) is 0 Å². The summed E-state index contributed by atoms with van der Waals surface area (Å²) in [6, 6.07) is 0. The molecule has 0 rings (SSSR count). The van der Waals surface area contributed by atoms with Crippen molar-refractivity contribution in [2.75, 3.05) is 0 Å². The Kier molecular flexibility index (Phi) is 451. The van der Waals surface area contributed by atoms with Crippen LogP contribution < -0.4 is 103 Å². The zero-order valence-corrected chi connectivity index (χ0v) is 9.96. The van der Waals surface area contributed by atoms with Gasteiger partial charge in [0, 0.05) is 0 Å². The van der Waals surface area contributed by atoms with Gasteiger partial charge in [-0.05, 0) is 0 Å². The molecule has 0 aromatic heterocycles. The molecular formula is H4F2K2O2. The van der Waals surface area contributed by atoms with Crippen LogP contribution in [-0.4, -0.2) is 11.0 Å². The van der Waals surface area contributed by atoms with Crippen LogP contribution in [0.25, 0.3) is 0 Å². The summed E-state index contributed by atoms with van der Waals surface area (Å²) in [5, 5.41) is 0. The van der Waals surface area contributed by atoms with Gasteiger partial charge < -0.3 is 11.0 Å². The van der Waals surface area contributed by atoms with E-state index in [9.17, 15) is 0 Å². The van der Waals surface area contributed by atoms with Crippen molar-refractivity contribution in [2.24, 2.45) is 0 Å². The zero-order valence-electron chi connectivity index (χ0n) is 3.71. The van der Waals surface area contributed by atoms with E-state index in [4.69, 9.17) is 0 Å². The van der Waals surface area contributed by atoms with E-state index < -0.39 is 0 Å². The van der Waals surface area contributed by atoms with Gasteiger partial charge >= 0.3 is 103 Å². The average molecular weight is 152 g/mol. The van der Waals surface area contributed by atoms with Crippen LogP contribution in [0.5, 0.6) is 0 Å². The van der Waals surface area contributed by atoms with E-state index in [1.54, 1.807) is 0 Å². The van der Waals surface area contributed by atoms with Gasteiger partial charge in [-0.25, -0.2) is 0 Å². The minimum atomic E-state index is 0. The van der Waals surface area contributed by atoms with Crippen LogP contribution in [0.15, 0.2) is 0 Å². The first-order valence-electron chi connectivity index (χ1n) is 0. The van der Waals surface area contributed by atoms with Crippen molar-refractivity contribution >= 4 is 0 Å². The molecule has 2 N–H and O–H groups in total. The number of rotatable bonds is 0. The molecule has 0 unspecified atom stereocenters. The summed E-state index contributed by atoms with van der Waals surface area (Å²) in [5.41, 5.74) is 0.